The summed E-state index contributed by atoms with van der Waals surface area (Å²) < 4.78 is 17.6. The lowest BCUT2D eigenvalue weighted by molar-refractivity contribution is -0.146. The molecule has 1 aliphatic carbocycles. The number of para-hydroxylation sites is 2. The van der Waals surface area contributed by atoms with Crippen molar-refractivity contribution in [2.24, 2.45) is 5.73 Å². The number of amidine groups is 1. The minimum absolute atomic E-state index is 0.167. The van der Waals surface area contributed by atoms with E-state index in [-0.39, 0.29) is 11.8 Å². The fraction of sp³-hybridized carbons (Fsp3) is 0.457. The Morgan fingerprint density at radius 3 is 1.49 bits per heavy atom. The highest BCUT2D eigenvalue weighted by molar-refractivity contribution is 5.87. The summed E-state index contributed by atoms with van der Waals surface area (Å²) in [5, 5.41) is 6.28. The summed E-state index contributed by atoms with van der Waals surface area (Å²) in [6, 6.07) is 19.1. The van der Waals surface area contributed by atoms with Crippen LogP contribution in [0.25, 0.3) is 0 Å². The third-order valence-electron chi connectivity index (χ3n) is 6.44. The zero-order chi connectivity index (χ0) is 33.0. The number of benzene rings is 2. The van der Waals surface area contributed by atoms with E-state index in [2.05, 4.69) is 0 Å². The monoisotopic (exact) mass is 594 g/mol. The van der Waals surface area contributed by atoms with E-state index in [1.165, 1.54) is 14.0 Å². The van der Waals surface area contributed by atoms with E-state index < -0.39 is 5.54 Å². The van der Waals surface area contributed by atoms with Crippen molar-refractivity contribution in [3.8, 4) is 23.3 Å². The second kappa shape index (κ2) is 20.8. The largest absolute Gasteiger partial charge is 0.467 e. The highest BCUT2D eigenvalue weighted by Crippen LogP contribution is 2.45. The number of esters is 1. The van der Waals surface area contributed by atoms with Crippen LogP contribution in [0.15, 0.2) is 60.7 Å². The van der Waals surface area contributed by atoms with Crippen molar-refractivity contribution in [1.82, 2.24) is 4.98 Å². The summed E-state index contributed by atoms with van der Waals surface area (Å²) in [7, 11) is 3.41. The van der Waals surface area contributed by atoms with Gasteiger partial charge >= 0.3 is 5.97 Å². The number of ether oxygens (including phenoxy) is 3. The average Bonchev–Trinajstić information content (AvgIpc) is 3.54. The minimum Gasteiger partial charge on any atom is -0.467 e. The van der Waals surface area contributed by atoms with Crippen LogP contribution in [0.4, 0.5) is 5.69 Å². The van der Waals surface area contributed by atoms with Crippen LogP contribution >= 0.6 is 0 Å². The van der Waals surface area contributed by atoms with Crippen LogP contribution in [0.1, 0.15) is 85.3 Å². The topological polar surface area (TPSA) is 111 Å². The molecule has 1 aromatic heterocycles. The Kier molecular flexibility index (Phi) is 18.8. The lowest BCUT2D eigenvalue weighted by atomic mass is 9.93. The summed E-state index contributed by atoms with van der Waals surface area (Å²) in [6.45, 7) is 17.5. The molecule has 1 aliphatic rings. The molecule has 0 amide bonds. The number of nitrogens with one attached hydrogen (secondary N) is 1. The molecule has 1 heterocycles. The molecule has 8 heteroatoms. The van der Waals surface area contributed by atoms with Gasteiger partial charge in [0.2, 0.25) is 11.8 Å². The number of carbonyl (C=O) groups excluding carboxylic acids is 1. The highest BCUT2D eigenvalue weighted by Gasteiger charge is 2.47. The van der Waals surface area contributed by atoms with Crippen molar-refractivity contribution < 1.29 is 19.0 Å². The molecule has 1 fully saturated rings. The standard InChI is InChI=1S/C27H30N2O4.C2H6N2.3C2H6/c1-19-23(29(3)27(26(30)31-4)17-11-12-18-27)20(2)25(33-22-15-9-6-10-16-22)28-24(19)32-21-13-7-5-8-14-21;1-2(3)4;3*1-2/h5-10,13-16H,11-12,17-18H2,1-4H3;1H3,(H3,3,4);3*1-2H3. The number of pyridine rings is 1. The Balaban J connectivity index is 0.00000158. The fourth-order valence-electron chi connectivity index (χ4n) is 4.69. The van der Waals surface area contributed by atoms with Crippen LogP contribution in [-0.2, 0) is 9.53 Å². The summed E-state index contributed by atoms with van der Waals surface area (Å²) in [4.78, 5) is 19.8. The van der Waals surface area contributed by atoms with Crippen molar-refractivity contribution >= 4 is 17.5 Å². The van der Waals surface area contributed by atoms with Crippen molar-refractivity contribution in [2.45, 2.75) is 93.5 Å². The summed E-state index contributed by atoms with van der Waals surface area (Å²) in [6.07, 6.45) is 3.43. The van der Waals surface area contributed by atoms with Gasteiger partial charge in [0.15, 0.2) is 0 Å². The summed E-state index contributed by atoms with van der Waals surface area (Å²) >= 11 is 0. The number of likely N-dealkylation sites (N-methyl/N-ethyl adjacent to an activating group) is 1. The maximum absolute atomic E-state index is 13.0. The molecule has 8 nitrogen and oxygen atoms in total. The van der Waals surface area contributed by atoms with Gasteiger partial charge in [-0.15, -0.1) is 0 Å². The number of hydrogen-bond donors (Lipinski definition) is 2. The van der Waals surface area contributed by atoms with Gasteiger partial charge in [0.1, 0.15) is 17.0 Å². The number of hydrogen-bond acceptors (Lipinski definition) is 7. The van der Waals surface area contributed by atoms with Crippen molar-refractivity contribution in [3.63, 3.8) is 0 Å². The second-order valence-electron chi connectivity index (χ2n) is 9.12. The van der Waals surface area contributed by atoms with E-state index >= 15 is 0 Å². The van der Waals surface area contributed by atoms with E-state index in [1.54, 1.807) is 0 Å². The molecular weight excluding hydrogens is 540 g/mol. The molecule has 0 saturated heterocycles. The average molecular weight is 595 g/mol. The Labute approximate surface area is 260 Å². The Hall–Kier alpha value is -4.07. The molecule has 0 bridgehead atoms. The number of aromatic nitrogens is 1. The van der Waals surface area contributed by atoms with Crippen molar-refractivity contribution in [3.05, 3.63) is 71.8 Å². The number of nitrogens with zero attached hydrogens (tertiary/aromatic N) is 2. The Morgan fingerprint density at radius 2 is 1.16 bits per heavy atom. The van der Waals surface area contributed by atoms with E-state index in [1.807, 2.05) is 128 Å². The van der Waals surface area contributed by atoms with Crippen LogP contribution in [-0.4, -0.2) is 36.5 Å². The Morgan fingerprint density at radius 1 is 0.814 bits per heavy atom. The maximum Gasteiger partial charge on any atom is 0.331 e. The molecule has 0 aliphatic heterocycles. The first-order chi connectivity index (χ1) is 20.7. The van der Waals surface area contributed by atoms with Crippen LogP contribution in [0.2, 0.25) is 0 Å². The SMILES string of the molecule is CC.CC.CC.CC(=N)N.COC(=O)C1(N(C)c2c(C)c(Oc3ccccc3)nc(Oc3ccccc3)c2C)CCCC1. The fourth-order valence-corrected chi connectivity index (χ4v) is 4.69. The van der Waals surface area contributed by atoms with Gasteiger partial charge in [0, 0.05) is 18.2 Å². The Bertz CT molecular complexity index is 1140. The van der Waals surface area contributed by atoms with Crippen LogP contribution in [0.3, 0.4) is 0 Å². The van der Waals surface area contributed by atoms with Crippen LogP contribution < -0.4 is 20.1 Å². The molecule has 1 saturated carbocycles. The first-order valence-electron chi connectivity index (χ1n) is 15.3. The van der Waals surface area contributed by atoms with Crippen LogP contribution in [0, 0.1) is 19.3 Å². The third kappa shape index (κ3) is 10.9. The van der Waals surface area contributed by atoms with Crippen molar-refractivity contribution in [1.29, 1.82) is 5.41 Å². The second-order valence-corrected chi connectivity index (χ2v) is 9.12. The molecule has 0 atom stereocenters. The first-order valence-corrected chi connectivity index (χ1v) is 15.3. The van der Waals surface area contributed by atoms with Gasteiger partial charge < -0.3 is 24.8 Å². The summed E-state index contributed by atoms with van der Waals surface area (Å²) in [5.74, 6) is 2.20. The number of methoxy groups -OCH3 is 1. The van der Waals surface area contributed by atoms with E-state index in [9.17, 15) is 4.79 Å². The van der Waals surface area contributed by atoms with Crippen LogP contribution in [0.5, 0.6) is 23.3 Å². The number of carbonyl (C=O) groups is 1. The predicted octanol–water partition coefficient (Wildman–Crippen LogP) is 9.23. The van der Waals surface area contributed by atoms with E-state index in [4.69, 9.17) is 30.3 Å². The molecule has 43 heavy (non-hydrogen) atoms. The van der Waals surface area contributed by atoms with E-state index in [0.717, 1.165) is 42.5 Å². The smallest absolute Gasteiger partial charge is 0.331 e. The number of rotatable bonds is 7. The van der Waals surface area contributed by atoms with Gasteiger partial charge in [-0.3, -0.25) is 5.41 Å². The molecule has 0 unspecified atom stereocenters. The highest BCUT2D eigenvalue weighted by atomic mass is 16.5. The van der Waals surface area contributed by atoms with Gasteiger partial charge in [0.25, 0.3) is 0 Å². The lowest BCUT2D eigenvalue weighted by Crippen LogP contribution is -2.52. The summed E-state index contributed by atoms with van der Waals surface area (Å²) in [5.41, 5.74) is 6.53. The normalized spacial score (nSPS) is 12.2. The molecule has 4 rings (SSSR count). The molecule has 2 aromatic carbocycles. The molecular formula is C35H54N4O4. The van der Waals surface area contributed by atoms with Crippen molar-refractivity contribution in [2.75, 3.05) is 19.1 Å². The first kappa shape index (κ1) is 38.9. The van der Waals surface area contributed by atoms with Gasteiger partial charge in [-0.2, -0.15) is 4.98 Å². The van der Waals surface area contributed by atoms with Gasteiger partial charge in [-0.25, -0.2) is 4.79 Å². The minimum atomic E-state index is -0.723. The molecule has 3 aromatic rings. The molecule has 0 radical (unpaired) electrons. The van der Waals surface area contributed by atoms with Gasteiger partial charge in [-0.1, -0.05) is 90.8 Å². The lowest BCUT2D eigenvalue weighted by Gasteiger charge is -2.39. The third-order valence-corrected chi connectivity index (χ3v) is 6.44. The van der Waals surface area contributed by atoms with Gasteiger partial charge in [-0.05, 0) is 57.9 Å². The zero-order valence-corrected chi connectivity index (χ0v) is 28.2. The molecule has 0 spiro atoms. The molecule has 3 N–H and O–H groups in total. The predicted molar refractivity (Wildman–Crippen MR) is 180 cm³/mol. The van der Waals surface area contributed by atoms with E-state index in [0.29, 0.717) is 23.3 Å². The molecule has 238 valence electrons. The zero-order valence-electron chi connectivity index (χ0n) is 28.2. The maximum atomic E-state index is 13.0. The number of anilines is 1. The number of nitrogens with two attached hydrogens (primary N) is 1. The quantitative estimate of drug-likeness (QED) is 0.159. The van der Waals surface area contributed by atoms with Gasteiger partial charge in [0.05, 0.1) is 18.6 Å².